The molecule has 0 aliphatic carbocycles. The molecule has 1 heterocycles. The summed E-state index contributed by atoms with van der Waals surface area (Å²) in [6, 6.07) is 10.6. The number of carboxylic acids is 1. The number of thiophene rings is 1. The highest BCUT2D eigenvalue weighted by Gasteiger charge is 2.12. The normalized spacial score (nSPS) is 10.2. The molecule has 0 fully saturated rings. The van der Waals surface area contributed by atoms with Crippen molar-refractivity contribution in [3.05, 3.63) is 51.7 Å². The molecule has 0 aliphatic rings. The van der Waals surface area contributed by atoms with Gasteiger partial charge in [0.2, 0.25) is 0 Å². The second-order valence-corrected chi connectivity index (χ2v) is 5.45. The summed E-state index contributed by atoms with van der Waals surface area (Å²) in [5, 5.41) is 11.6. The van der Waals surface area contributed by atoms with Crippen LogP contribution < -0.4 is 5.32 Å². The SMILES string of the molecule is CCCc1ccc(NC(=O)c2ccc(C(=O)O)s2)cc1. The predicted molar refractivity (Wildman–Crippen MR) is 79.7 cm³/mol. The number of aromatic carboxylic acids is 1. The Morgan fingerprint density at radius 2 is 1.75 bits per heavy atom. The number of hydrogen-bond donors (Lipinski definition) is 2. The number of carboxylic acid groups (broad SMARTS) is 1. The summed E-state index contributed by atoms with van der Waals surface area (Å²) in [6.07, 6.45) is 2.10. The molecule has 4 nitrogen and oxygen atoms in total. The summed E-state index contributed by atoms with van der Waals surface area (Å²) in [5.74, 6) is -1.30. The van der Waals surface area contributed by atoms with Crippen molar-refractivity contribution in [3.63, 3.8) is 0 Å². The van der Waals surface area contributed by atoms with Crippen molar-refractivity contribution in [3.8, 4) is 0 Å². The van der Waals surface area contributed by atoms with Gasteiger partial charge in [0.1, 0.15) is 4.88 Å². The molecule has 0 spiro atoms. The number of carbonyl (C=O) groups excluding carboxylic acids is 1. The Kier molecular flexibility index (Phi) is 4.53. The topological polar surface area (TPSA) is 66.4 Å². The maximum Gasteiger partial charge on any atom is 0.345 e. The number of hydrogen-bond acceptors (Lipinski definition) is 3. The zero-order chi connectivity index (χ0) is 14.5. The van der Waals surface area contributed by atoms with Crippen molar-refractivity contribution in [2.45, 2.75) is 19.8 Å². The van der Waals surface area contributed by atoms with Crippen molar-refractivity contribution in [2.75, 3.05) is 5.32 Å². The van der Waals surface area contributed by atoms with E-state index in [4.69, 9.17) is 5.11 Å². The van der Waals surface area contributed by atoms with Crippen molar-refractivity contribution >= 4 is 28.9 Å². The zero-order valence-corrected chi connectivity index (χ0v) is 11.9. The highest BCUT2D eigenvalue weighted by molar-refractivity contribution is 7.15. The molecule has 5 heteroatoms. The molecule has 2 N–H and O–H groups in total. The van der Waals surface area contributed by atoms with Crippen LogP contribution in [0.3, 0.4) is 0 Å². The fraction of sp³-hybridized carbons (Fsp3) is 0.200. The van der Waals surface area contributed by atoms with Gasteiger partial charge in [-0.3, -0.25) is 4.79 Å². The van der Waals surface area contributed by atoms with E-state index in [9.17, 15) is 9.59 Å². The minimum atomic E-state index is -1.02. The van der Waals surface area contributed by atoms with Gasteiger partial charge < -0.3 is 10.4 Å². The molecular weight excluding hydrogens is 274 g/mol. The first-order valence-electron chi connectivity index (χ1n) is 6.33. The van der Waals surface area contributed by atoms with Crippen molar-refractivity contribution < 1.29 is 14.7 Å². The molecule has 0 saturated heterocycles. The van der Waals surface area contributed by atoms with E-state index in [1.54, 1.807) is 0 Å². The standard InChI is InChI=1S/C15H15NO3S/c1-2-3-10-4-6-11(7-5-10)16-14(17)12-8-9-13(20-12)15(18)19/h4-9H,2-3H2,1H3,(H,16,17)(H,18,19). The van der Waals surface area contributed by atoms with Gasteiger partial charge in [0.05, 0.1) is 4.88 Å². The van der Waals surface area contributed by atoms with Crippen LogP contribution in [-0.4, -0.2) is 17.0 Å². The molecular formula is C15H15NO3S. The predicted octanol–water partition coefficient (Wildman–Crippen LogP) is 3.65. The molecule has 1 aromatic heterocycles. The molecule has 2 aromatic rings. The van der Waals surface area contributed by atoms with E-state index in [-0.39, 0.29) is 10.8 Å². The number of carbonyl (C=O) groups is 2. The zero-order valence-electron chi connectivity index (χ0n) is 11.1. The fourth-order valence-corrected chi connectivity index (χ4v) is 2.55. The van der Waals surface area contributed by atoms with Crippen molar-refractivity contribution in [2.24, 2.45) is 0 Å². The Morgan fingerprint density at radius 3 is 2.30 bits per heavy atom. The summed E-state index contributed by atoms with van der Waals surface area (Å²) in [6.45, 7) is 2.12. The Balaban J connectivity index is 2.04. The highest BCUT2D eigenvalue weighted by Crippen LogP contribution is 2.18. The molecule has 0 atom stereocenters. The van der Waals surface area contributed by atoms with Gasteiger partial charge in [-0.2, -0.15) is 0 Å². The summed E-state index contributed by atoms with van der Waals surface area (Å²) in [4.78, 5) is 23.3. The van der Waals surface area contributed by atoms with E-state index >= 15 is 0 Å². The molecule has 104 valence electrons. The Bertz CT molecular complexity index is 616. The van der Waals surface area contributed by atoms with Crippen LogP contribution in [-0.2, 0) is 6.42 Å². The maximum atomic E-state index is 12.0. The van der Waals surface area contributed by atoms with Gasteiger partial charge in [-0.15, -0.1) is 11.3 Å². The van der Waals surface area contributed by atoms with E-state index < -0.39 is 5.97 Å². The van der Waals surface area contributed by atoms with Crippen LogP contribution in [0.4, 0.5) is 5.69 Å². The first kappa shape index (κ1) is 14.3. The van der Waals surface area contributed by atoms with Crippen LogP contribution in [0.15, 0.2) is 36.4 Å². The molecule has 2 rings (SSSR count). The quantitative estimate of drug-likeness (QED) is 0.883. The van der Waals surface area contributed by atoms with Gasteiger partial charge >= 0.3 is 5.97 Å². The lowest BCUT2D eigenvalue weighted by molar-refractivity contribution is 0.0702. The number of rotatable bonds is 5. The van der Waals surface area contributed by atoms with Crippen LogP contribution in [0, 0.1) is 0 Å². The number of nitrogens with one attached hydrogen (secondary N) is 1. The Morgan fingerprint density at radius 1 is 1.10 bits per heavy atom. The smallest absolute Gasteiger partial charge is 0.345 e. The average Bonchev–Trinajstić information content (AvgIpc) is 2.91. The molecule has 1 aromatic carbocycles. The second-order valence-electron chi connectivity index (χ2n) is 4.37. The summed E-state index contributed by atoms with van der Waals surface area (Å²) < 4.78 is 0. The lowest BCUT2D eigenvalue weighted by Gasteiger charge is -2.05. The van der Waals surface area contributed by atoms with Crippen LogP contribution in [0.1, 0.15) is 38.3 Å². The van der Waals surface area contributed by atoms with Gasteiger partial charge in [-0.1, -0.05) is 25.5 Å². The largest absolute Gasteiger partial charge is 0.477 e. The minimum Gasteiger partial charge on any atom is -0.477 e. The monoisotopic (exact) mass is 289 g/mol. The summed E-state index contributed by atoms with van der Waals surface area (Å²) >= 11 is 0.968. The van der Waals surface area contributed by atoms with Crippen molar-refractivity contribution in [1.82, 2.24) is 0 Å². The molecule has 20 heavy (non-hydrogen) atoms. The van der Waals surface area contributed by atoms with Crippen LogP contribution >= 0.6 is 11.3 Å². The molecule has 0 aliphatic heterocycles. The molecule has 0 radical (unpaired) electrons. The fourth-order valence-electron chi connectivity index (χ4n) is 1.81. The van der Waals surface area contributed by atoms with Gasteiger partial charge in [0, 0.05) is 5.69 Å². The van der Waals surface area contributed by atoms with E-state index in [2.05, 4.69) is 12.2 Å². The molecule has 0 unspecified atom stereocenters. The van der Waals surface area contributed by atoms with Crippen LogP contribution in [0.25, 0.3) is 0 Å². The summed E-state index contributed by atoms with van der Waals surface area (Å²) in [5.41, 5.74) is 1.94. The second kappa shape index (κ2) is 6.34. The lowest BCUT2D eigenvalue weighted by Crippen LogP contribution is -2.10. The first-order valence-corrected chi connectivity index (χ1v) is 7.15. The number of anilines is 1. The third-order valence-electron chi connectivity index (χ3n) is 2.79. The molecule has 1 amide bonds. The van der Waals surface area contributed by atoms with E-state index in [1.807, 2.05) is 24.3 Å². The van der Waals surface area contributed by atoms with Gasteiger partial charge in [-0.25, -0.2) is 4.79 Å². The third kappa shape index (κ3) is 3.45. The van der Waals surface area contributed by atoms with Gasteiger partial charge in [0.25, 0.3) is 5.91 Å². The highest BCUT2D eigenvalue weighted by atomic mass is 32.1. The van der Waals surface area contributed by atoms with Crippen LogP contribution in [0.2, 0.25) is 0 Å². The number of aryl methyl sites for hydroxylation is 1. The lowest BCUT2D eigenvalue weighted by atomic mass is 10.1. The van der Waals surface area contributed by atoms with Crippen molar-refractivity contribution in [1.29, 1.82) is 0 Å². The third-order valence-corrected chi connectivity index (χ3v) is 3.86. The summed E-state index contributed by atoms with van der Waals surface area (Å²) in [7, 11) is 0. The number of benzene rings is 1. The molecule has 0 bridgehead atoms. The van der Waals surface area contributed by atoms with E-state index in [1.165, 1.54) is 17.7 Å². The van der Waals surface area contributed by atoms with E-state index in [0.717, 1.165) is 24.2 Å². The average molecular weight is 289 g/mol. The van der Waals surface area contributed by atoms with Gasteiger partial charge in [-0.05, 0) is 36.2 Å². The Hall–Kier alpha value is -2.14. The van der Waals surface area contributed by atoms with Crippen LogP contribution in [0.5, 0.6) is 0 Å². The first-order chi connectivity index (χ1) is 9.60. The Labute approximate surface area is 121 Å². The minimum absolute atomic E-state index is 0.161. The molecule has 0 saturated carbocycles. The van der Waals surface area contributed by atoms with E-state index in [0.29, 0.717) is 10.6 Å². The van der Waals surface area contributed by atoms with Gasteiger partial charge in [0.15, 0.2) is 0 Å². The maximum absolute atomic E-state index is 12.0. The number of amides is 1.